The summed E-state index contributed by atoms with van der Waals surface area (Å²) in [5, 5.41) is 2.84. The second-order valence-corrected chi connectivity index (χ2v) is 9.63. The van der Waals surface area contributed by atoms with E-state index < -0.39 is 15.8 Å². The number of carbonyl (C=O) groups is 2. The highest BCUT2D eigenvalue weighted by atomic mass is 32.2. The Morgan fingerprint density at radius 2 is 1.76 bits per heavy atom. The van der Waals surface area contributed by atoms with Crippen molar-refractivity contribution < 1.29 is 22.4 Å². The fourth-order valence-electron chi connectivity index (χ4n) is 3.84. The van der Waals surface area contributed by atoms with E-state index >= 15 is 0 Å². The first kappa shape index (κ1) is 21.7. The Bertz CT molecular complexity index is 851. The third-order valence-corrected chi connectivity index (χ3v) is 7.29. The molecule has 29 heavy (non-hydrogen) atoms. The highest BCUT2D eigenvalue weighted by Crippen LogP contribution is 2.19. The molecular formula is C19H27FN4O4S. The highest BCUT2D eigenvalue weighted by molar-refractivity contribution is 7.89. The van der Waals surface area contributed by atoms with Crippen molar-refractivity contribution in [1.82, 2.24) is 19.4 Å². The lowest BCUT2D eigenvalue weighted by Gasteiger charge is -2.39. The summed E-state index contributed by atoms with van der Waals surface area (Å²) in [4.78, 5) is 28.5. The lowest BCUT2D eigenvalue weighted by atomic mass is 9.99. The summed E-state index contributed by atoms with van der Waals surface area (Å²) in [6.45, 7) is 6.09. The zero-order chi connectivity index (χ0) is 21.2. The van der Waals surface area contributed by atoms with Crippen LogP contribution in [0.1, 0.15) is 13.8 Å². The van der Waals surface area contributed by atoms with E-state index in [1.54, 1.807) is 4.90 Å². The Morgan fingerprint density at radius 1 is 1.14 bits per heavy atom. The molecule has 1 aromatic carbocycles. The second kappa shape index (κ2) is 8.76. The number of hydrogen-bond acceptors (Lipinski definition) is 5. The largest absolute Gasteiger partial charge is 0.353 e. The molecule has 0 aliphatic carbocycles. The fraction of sp³-hybridized carbons (Fsp3) is 0.579. The van der Waals surface area contributed by atoms with Crippen LogP contribution < -0.4 is 5.32 Å². The first-order valence-corrected chi connectivity index (χ1v) is 11.2. The summed E-state index contributed by atoms with van der Waals surface area (Å²) in [7, 11) is -3.72. The first-order chi connectivity index (χ1) is 13.7. The van der Waals surface area contributed by atoms with Gasteiger partial charge in [0.25, 0.3) is 0 Å². The van der Waals surface area contributed by atoms with Crippen LogP contribution >= 0.6 is 0 Å². The molecule has 1 atom stereocenters. The molecule has 2 aliphatic heterocycles. The van der Waals surface area contributed by atoms with Gasteiger partial charge < -0.3 is 10.2 Å². The molecule has 0 radical (unpaired) electrons. The van der Waals surface area contributed by atoms with Gasteiger partial charge in [0, 0.05) is 39.3 Å². The molecule has 0 aromatic heterocycles. The van der Waals surface area contributed by atoms with Crippen LogP contribution in [0.4, 0.5) is 4.39 Å². The second-order valence-electron chi connectivity index (χ2n) is 7.69. The smallest absolute Gasteiger partial charge is 0.243 e. The van der Waals surface area contributed by atoms with Crippen LogP contribution in [0.25, 0.3) is 0 Å². The van der Waals surface area contributed by atoms with Crippen molar-refractivity contribution in [3.05, 3.63) is 30.1 Å². The average molecular weight is 427 g/mol. The minimum atomic E-state index is -3.72. The number of nitrogens with zero attached hydrogens (tertiary/aromatic N) is 3. The van der Waals surface area contributed by atoms with Gasteiger partial charge in [-0.05, 0) is 30.2 Å². The molecule has 2 heterocycles. The number of amides is 2. The van der Waals surface area contributed by atoms with E-state index in [0.717, 1.165) is 12.1 Å². The van der Waals surface area contributed by atoms with Crippen molar-refractivity contribution in [2.45, 2.75) is 24.8 Å². The van der Waals surface area contributed by atoms with Crippen LogP contribution in [0, 0.1) is 11.7 Å². The van der Waals surface area contributed by atoms with Crippen LogP contribution in [0.3, 0.4) is 0 Å². The van der Waals surface area contributed by atoms with Gasteiger partial charge >= 0.3 is 0 Å². The summed E-state index contributed by atoms with van der Waals surface area (Å²) >= 11 is 0. The molecule has 1 aromatic rings. The van der Waals surface area contributed by atoms with Gasteiger partial charge in [0.15, 0.2) is 0 Å². The Kier molecular flexibility index (Phi) is 6.55. The molecule has 160 valence electrons. The molecule has 0 saturated carbocycles. The number of sulfonamides is 1. The predicted octanol–water partition coefficient (Wildman–Crippen LogP) is 0.115. The Balaban J connectivity index is 1.59. The number of rotatable bonds is 5. The molecule has 0 bridgehead atoms. The normalized spacial score (nSPS) is 22.0. The summed E-state index contributed by atoms with van der Waals surface area (Å²) in [5.74, 6) is -0.579. The van der Waals surface area contributed by atoms with E-state index in [0.29, 0.717) is 13.1 Å². The maximum atomic E-state index is 13.1. The van der Waals surface area contributed by atoms with Crippen LogP contribution in [-0.4, -0.2) is 86.2 Å². The Morgan fingerprint density at radius 3 is 2.34 bits per heavy atom. The number of nitrogens with one attached hydrogen (secondary N) is 1. The molecule has 8 nitrogen and oxygen atoms in total. The molecule has 10 heteroatoms. The standard InChI is InChI=1S/C19H27FN4O4S/c1-14(2)18-19(26)21-7-8-23(18)13-17(25)22-9-11-24(12-10-22)29(27,28)16-5-3-15(20)4-6-16/h3-6,14,18H,7-13H2,1-2H3,(H,21,26). The number of halogens is 1. The van der Waals surface area contributed by atoms with Gasteiger partial charge in [-0.1, -0.05) is 13.8 Å². The Hall–Kier alpha value is -2.04. The molecule has 2 saturated heterocycles. The first-order valence-electron chi connectivity index (χ1n) is 9.75. The van der Waals surface area contributed by atoms with Crippen LogP contribution in [0.2, 0.25) is 0 Å². The zero-order valence-corrected chi connectivity index (χ0v) is 17.5. The van der Waals surface area contributed by atoms with Gasteiger partial charge in [-0.3, -0.25) is 14.5 Å². The lowest BCUT2D eigenvalue weighted by Crippen LogP contribution is -2.60. The van der Waals surface area contributed by atoms with Crippen LogP contribution in [-0.2, 0) is 19.6 Å². The monoisotopic (exact) mass is 426 g/mol. The van der Waals surface area contributed by atoms with Gasteiger partial charge in [0.2, 0.25) is 21.8 Å². The summed E-state index contributed by atoms with van der Waals surface area (Å²) < 4.78 is 39.8. The quantitative estimate of drug-likeness (QED) is 0.722. The SMILES string of the molecule is CC(C)C1C(=O)NCCN1CC(=O)N1CCN(S(=O)(=O)c2ccc(F)cc2)CC1. The summed E-state index contributed by atoms with van der Waals surface area (Å²) in [5.41, 5.74) is 0. The van der Waals surface area contributed by atoms with E-state index in [1.165, 1.54) is 16.4 Å². The van der Waals surface area contributed by atoms with Crippen molar-refractivity contribution in [2.24, 2.45) is 5.92 Å². The van der Waals surface area contributed by atoms with E-state index in [4.69, 9.17) is 0 Å². The van der Waals surface area contributed by atoms with Crippen molar-refractivity contribution in [3.8, 4) is 0 Å². The molecule has 1 N–H and O–H groups in total. The van der Waals surface area contributed by atoms with E-state index in [1.807, 2.05) is 18.7 Å². The van der Waals surface area contributed by atoms with Crippen molar-refractivity contribution >= 4 is 21.8 Å². The van der Waals surface area contributed by atoms with Crippen LogP contribution in [0.15, 0.2) is 29.2 Å². The van der Waals surface area contributed by atoms with Gasteiger partial charge in [0.05, 0.1) is 17.5 Å². The van der Waals surface area contributed by atoms with Gasteiger partial charge in [0.1, 0.15) is 5.82 Å². The van der Waals surface area contributed by atoms with Crippen molar-refractivity contribution in [2.75, 3.05) is 45.8 Å². The molecule has 2 fully saturated rings. The fourth-order valence-corrected chi connectivity index (χ4v) is 5.26. The third-order valence-electron chi connectivity index (χ3n) is 5.37. The van der Waals surface area contributed by atoms with Gasteiger partial charge in [-0.25, -0.2) is 12.8 Å². The molecule has 0 spiro atoms. The molecule has 2 aliphatic rings. The van der Waals surface area contributed by atoms with Gasteiger partial charge in [-0.15, -0.1) is 0 Å². The molecule has 2 amide bonds. The third kappa shape index (κ3) is 4.76. The van der Waals surface area contributed by atoms with Gasteiger partial charge in [-0.2, -0.15) is 4.31 Å². The number of benzene rings is 1. The van der Waals surface area contributed by atoms with E-state index in [-0.39, 0.29) is 61.4 Å². The number of hydrogen-bond donors (Lipinski definition) is 1. The minimum Gasteiger partial charge on any atom is -0.353 e. The summed E-state index contributed by atoms with van der Waals surface area (Å²) in [6.07, 6.45) is 0. The maximum absolute atomic E-state index is 13.1. The van der Waals surface area contributed by atoms with Crippen molar-refractivity contribution in [1.29, 1.82) is 0 Å². The lowest BCUT2D eigenvalue weighted by molar-refractivity contribution is -0.138. The average Bonchev–Trinajstić information content (AvgIpc) is 2.68. The van der Waals surface area contributed by atoms with Crippen LogP contribution in [0.5, 0.6) is 0 Å². The molecule has 3 rings (SSSR count). The van der Waals surface area contributed by atoms with E-state index in [2.05, 4.69) is 5.32 Å². The predicted molar refractivity (Wildman–Crippen MR) is 105 cm³/mol. The minimum absolute atomic E-state index is 0.0396. The zero-order valence-electron chi connectivity index (χ0n) is 16.7. The molecule has 1 unspecified atom stereocenters. The highest BCUT2D eigenvalue weighted by Gasteiger charge is 2.35. The van der Waals surface area contributed by atoms with E-state index in [9.17, 15) is 22.4 Å². The Labute approximate surface area is 170 Å². The topological polar surface area (TPSA) is 90.0 Å². The number of piperazine rings is 2. The number of carbonyl (C=O) groups excluding carboxylic acids is 2. The maximum Gasteiger partial charge on any atom is 0.243 e. The van der Waals surface area contributed by atoms with Crippen molar-refractivity contribution in [3.63, 3.8) is 0 Å². The molecular weight excluding hydrogens is 399 g/mol. The summed E-state index contributed by atoms with van der Waals surface area (Å²) in [6, 6.07) is 4.39.